The van der Waals surface area contributed by atoms with Gasteiger partial charge >= 0.3 is 0 Å². The lowest BCUT2D eigenvalue weighted by atomic mass is 10.0. The first-order valence-corrected chi connectivity index (χ1v) is 7.64. The average molecular weight is 374 g/mol. The topological polar surface area (TPSA) is 18.5 Å². The van der Waals surface area contributed by atoms with Crippen LogP contribution in [0.5, 0.6) is 11.5 Å². The molecule has 0 N–H and O–H groups in total. The summed E-state index contributed by atoms with van der Waals surface area (Å²) < 4.78 is 24.5. The minimum absolute atomic E-state index is 0.168. The third-order valence-electron chi connectivity index (χ3n) is 3.17. The van der Waals surface area contributed by atoms with Gasteiger partial charge < -0.3 is 9.47 Å². The van der Waals surface area contributed by atoms with E-state index in [1.807, 2.05) is 24.3 Å². The van der Waals surface area contributed by atoms with E-state index < -0.39 is 0 Å². The van der Waals surface area contributed by atoms with E-state index in [2.05, 4.69) is 15.9 Å². The molecule has 0 saturated carbocycles. The van der Waals surface area contributed by atoms with E-state index in [9.17, 15) is 4.39 Å². The molecule has 21 heavy (non-hydrogen) atoms. The van der Waals surface area contributed by atoms with Crippen molar-refractivity contribution in [3.8, 4) is 11.5 Å². The first-order valence-electron chi connectivity index (χ1n) is 6.35. The Bertz CT molecular complexity index is 616. The summed E-state index contributed by atoms with van der Waals surface area (Å²) >= 11 is 9.39. The van der Waals surface area contributed by atoms with Gasteiger partial charge in [0.2, 0.25) is 0 Å². The number of methoxy groups -OCH3 is 2. The van der Waals surface area contributed by atoms with Gasteiger partial charge in [0.1, 0.15) is 5.82 Å². The van der Waals surface area contributed by atoms with Crippen molar-refractivity contribution in [3.05, 3.63) is 58.4 Å². The third-order valence-corrected chi connectivity index (χ3v) is 4.24. The Morgan fingerprint density at radius 1 is 1.10 bits per heavy atom. The third kappa shape index (κ3) is 3.89. The normalized spacial score (nSPS) is 12.0. The highest BCUT2D eigenvalue weighted by atomic mass is 79.9. The molecule has 0 fully saturated rings. The van der Waals surface area contributed by atoms with Crippen LogP contribution in [0.2, 0.25) is 5.02 Å². The van der Waals surface area contributed by atoms with Gasteiger partial charge in [0.05, 0.1) is 14.2 Å². The number of ether oxygens (including phenoxy) is 2. The molecule has 1 unspecified atom stereocenters. The number of hydrogen-bond donors (Lipinski definition) is 0. The summed E-state index contributed by atoms with van der Waals surface area (Å²) in [5.74, 6) is 0.558. The SMILES string of the molecule is COc1cc(F)c(C(Br)Cc2ccc(Cl)cc2)cc1OC. The fourth-order valence-electron chi connectivity index (χ4n) is 2.05. The number of halogens is 3. The fourth-order valence-corrected chi connectivity index (χ4v) is 2.90. The first kappa shape index (κ1) is 16.1. The minimum Gasteiger partial charge on any atom is -0.493 e. The fraction of sp³-hybridized carbons (Fsp3) is 0.250. The smallest absolute Gasteiger partial charge is 0.163 e. The van der Waals surface area contributed by atoms with Crippen molar-refractivity contribution in [3.63, 3.8) is 0 Å². The molecule has 2 aromatic rings. The Balaban J connectivity index is 2.26. The van der Waals surface area contributed by atoms with Crippen molar-refractivity contribution in [2.75, 3.05) is 14.2 Å². The van der Waals surface area contributed by atoms with E-state index in [0.717, 1.165) is 5.56 Å². The summed E-state index contributed by atoms with van der Waals surface area (Å²) in [6, 6.07) is 10.5. The molecular weight excluding hydrogens is 359 g/mol. The molecule has 0 aliphatic rings. The van der Waals surface area contributed by atoms with Crippen LogP contribution < -0.4 is 9.47 Å². The van der Waals surface area contributed by atoms with E-state index in [1.54, 1.807) is 6.07 Å². The van der Waals surface area contributed by atoms with Gasteiger partial charge in [0.25, 0.3) is 0 Å². The molecule has 5 heteroatoms. The summed E-state index contributed by atoms with van der Waals surface area (Å²) in [5, 5.41) is 0.683. The zero-order valence-electron chi connectivity index (χ0n) is 11.7. The van der Waals surface area contributed by atoms with Crippen molar-refractivity contribution in [1.82, 2.24) is 0 Å². The van der Waals surface area contributed by atoms with E-state index >= 15 is 0 Å². The summed E-state index contributed by atoms with van der Waals surface area (Å²) in [5.41, 5.74) is 1.60. The van der Waals surface area contributed by atoms with Gasteiger partial charge in [-0.1, -0.05) is 39.7 Å². The molecule has 2 aromatic carbocycles. The number of rotatable bonds is 5. The Labute approximate surface area is 137 Å². The minimum atomic E-state index is -0.330. The highest BCUT2D eigenvalue weighted by molar-refractivity contribution is 9.09. The Morgan fingerprint density at radius 3 is 2.24 bits per heavy atom. The standard InChI is InChI=1S/C16H15BrClFO2/c1-20-15-8-12(14(19)9-16(15)21-2)13(17)7-10-3-5-11(18)6-4-10/h3-6,8-9,13H,7H2,1-2H3. The van der Waals surface area contributed by atoms with Gasteiger partial charge in [0, 0.05) is 21.5 Å². The molecule has 0 aliphatic carbocycles. The largest absolute Gasteiger partial charge is 0.493 e. The Hall–Kier alpha value is -1.26. The summed E-state index contributed by atoms with van der Waals surface area (Å²) in [7, 11) is 3.01. The second kappa shape index (κ2) is 7.14. The van der Waals surface area contributed by atoms with Crippen LogP contribution in [0.25, 0.3) is 0 Å². The van der Waals surface area contributed by atoms with E-state index in [1.165, 1.54) is 20.3 Å². The molecule has 0 amide bonds. The molecule has 0 saturated heterocycles. The molecule has 0 heterocycles. The van der Waals surface area contributed by atoms with Crippen molar-refractivity contribution in [2.24, 2.45) is 0 Å². The molecule has 112 valence electrons. The van der Waals surface area contributed by atoms with Gasteiger partial charge in [-0.3, -0.25) is 0 Å². The van der Waals surface area contributed by atoms with E-state index in [4.69, 9.17) is 21.1 Å². The average Bonchev–Trinajstić information content (AvgIpc) is 2.49. The van der Waals surface area contributed by atoms with Gasteiger partial charge in [-0.2, -0.15) is 0 Å². The van der Waals surface area contributed by atoms with Crippen molar-refractivity contribution >= 4 is 27.5 Å². The molecule has 0 radical (unpaired) electrons. The van der Waals surface area contributed by atoms with Gasteiger partial charge in [-0.25, -0.2) is 4.39 Å². The second-order valence-electron chi connectivity index (χ2n) is 4.53. The number of benzene rings is 2. The van der Waals surface area contributed by atoms with Crippen LogP contribution in [0, 0.1) is 5.82 Å². The molecular formula is C16H15BrClFO2. The molecule has 0 aliphatic heterocycles. The predicted molar refractivity (Wildman–Crippen MR) is 86.3 cm³/mol. The zero-order valence-corrected chi connectivity index (χ0v) is 14.0. The molecule has 0 aromatic heterocycles. The lowest BCUT2D eigenvalue weighted by molar-refractivity contribution is 0.351. The highest BCUT2D eigenvalue weighted by Gasteiger charge is 2.17. The van der Waals surface area contributed by atoms with E-state index in [-0.39, 0.29) is 10.6 Å². The molecule has 1 atom stereocenters. The monoisotopic (exact) mass is 372 g/mol. The first-order chi connectivity index (χ1) is 10.0. The second-order valence-corrected chi connectivity index (χ2v) is 6.07. The van der Waals surface area contributed by atoms with Crippen molar-refractivity contribution in [1.29, 1.82) is 0 Å². The molecule has 2 rings (SSSR count). The quantitative estimate of drug-likeness (QED) is 0.673. The van der Waals surface area contributed by atoms with Crippen LogP contribution in [0.3, 0.4) is 0 Å². The van der Waals surface area contributed by atoms with Crippen molar-refractivity contribution in [2.45, 2.75) is 11.2 Å². The number of alkyl halides is 1. The summed E-state index contributed by atoms with van der Waals surface area (Å²) in [6.45, 7) is 0. The summed E-state index contributed by atoms with van der Waals surface area (Å²) in [4.78, 5) is -0.168. The molecule has 0 spiro atoms. The number of hydrogen-bond acceptors (Lipinski definition) is 2. The zero-order chi connectivity index (χ0) is 15.4. The van der Waals surface area contributed by atoms with Crippen LogP contribution in [0.4, 0.5) is 4.39 Å². The Kier molecular flexibility index (Phi) is 5.48. The molecule has 0 bridgehead atoms. The van der Waals surface area contributed by atoms with Crippen LogP contribution in [0.15, 0.2) is 36.4 Å². The van der Waals surface area contributed by atoms with Crippen LogP contribution in [-0.4, -0.2) is 14.2 Å². The highest BCUT2D eigenvalue weighted by Crippen LogP contribution is 2.36. The maximum Gasteiger partial charge on any atom is 0.163 e. The summed E-state index contributed by atoms with van der Waals surface area (Å²) in [6.07, 6.45) is 0.642. The van der Waals surface area contributed by atoms with Crippen LogP contribution in [-0.2, 0) is 6.42 Å². The van der Waals surface area contributed by atoms with Crippen molar-refractivity contribution < 1.29 is 13.9 Å². The van der Waals surface area contributed by atoms with Gasteiger partial charge in [0.15, 0.2) is 11.5 Å². The van der Waals surface area contributed by atoms with Gasteiger partial charge in [-0.15, -0.1) is 0 Å². The molecule has 2 nitrogen and oxygen atoms in total. The maximum atomic E-state index is 14.2. The maximum absolute atomic E-state index is 14.2. The predicted octanol–water partition coefficient (Wildman–Crippen LogP) is 5.18. The van der Waals surface area contributed by atoms with Gasteiger partial charge in [-0.05, 0) is 30.2 Å². The lowest BCUT2D eigenvalue weighted by Crippen LogP contribution is -2.01. The van der Waals surface area contributed by atoms with Crippen LogP contribution >= 0.6 is 27.5 Å². The van der Waals surface area contributed by atoms with Crippen LogP contribution in [0.1, 0.15) is 16.0 Å². The Morgan fingerprint density at radius 2 is 1.67 bits per heavy atom. The lowest BCUT2D eigenvalue weighted by Gasteiger charge is -2.15. The van der Waals surface area contributed by atoms with E-state index in [0.29, 0.717) is 28.5 Å².